The van der Waals surface area contributed by atoms with E-state index in [2.05, 4.69) is 85.1 Å². The monoisotopic (exact) mass is 589 g/mol. The third-order valence-electron chi connectivity index (χ3n) is 8.81. The van der Waals surface area contributed by atoms with Crippen LogP contribution in [0, 0.1) is 11.8 Å². The first-order valence-corrected chi connectivity index (χ1v) is 15.8. The number of carbonyl (C=O) groups excluding carboxylic acids is 1. The van der Waals surface area contributed by atoms with E-state index in [-0.39, 0.29) is 29.6 Å². The Morgan fingerprint density at radius 3 is 1.96 bits per heavy atom. The molecule has 2 aliphatic carbocycles. The highest BCUT2D eigenvalue weighted by Gasteiger charge is 2.33. The van der Waals surface area contributed by atoms with E-state index >= 15 is 0 Å². The first-order chi connectivity index (χ1) is 22.1. The smallest absolute Gasteiger partial charge is 0.186 e. The van der Waals surface area contributed by atoms with Gasteiger partial charge in [-0.1, -0.05) is 159 Å². The van der Waals surface area contributed by atoms with Crippen LogP contribution in [0.3, 0.4) is 0 Å². The van der Waals surface area contributed by atoms with E-state index in [0.717, 1.165) is 40.0 Å². The van der Waals surface area contributed by atoms with Gasteiger partial charge in [0.2, 0.25) is 0 Å². The third kappa shape index (κ3) is 7.22. The van der Waals surface area contributed by atoms with Crippen LogP contribution in [0.4, 0.5) is 0 Å². The molecule has 0 spiro atoms. The summed E-state index contributed by atoms with van der Waals surface area (Å²) in [4.78, 5) is 13.5. The summed E-state index contributed by atoms with van der Waals surface area (Å²) in [5.41, 5.74) is 6.65. The number of ketones is 1. The highest BCUT2D eigenvalue weighted by molar-refractivity contribution is 6.05. The number of aliphatic hydroxyl groups is 1. The van der Waals surface area contributed by atoms with Crippen molar-refractivity contribution in [2.75, 3.05) is 0 Å². The maximum Gasteiger partial charge on any atom is 0.186 e. The van der Waals surface area contributed by atoms with Crippen molar-refractivity contribution in [3.05, 3.63) is 192 Å². The van der Waals surface area contributed by atoms with Crippen LogP contribution in [0.5, 0.6) is 0 Å². The van der Waals surface area contributed by atoms with E-state index in [1.54, 1.807) is 6.08 Å². The Bertz CT molecular complexity index is 1730. The summed E-state index contributed by atoms with van der Waals surface area (Å²) in [5.74, 6) is 0.182. The van der Waals surface area contributed by atoms with E-state index in [1.807, 2.05) is 84.9 Å². The SMILES string of the molecule is CC1C=CC=CC1C(/C=C(\NC1C=C(c2ccccc2)C(O)C(c2ccccc2)C1)c1ccccc1)=C/C(=O)c1ccccc1. The van der Waals surface area contributed by atoms with Crippen molar-refractivity contribution in [3.8, 4) is 0 Å². The second-order valence-electron chi connectivity index (χ2n) is 11.9. The average Bonchev–Trinajstić information content (AvgIpc) is 3.10. The van der Waals surface area contributed by atoms with Crippen molar-refractivity contribution in [2.45, 2.75) is 31.4 Å². The quantitative estimate of drug-likeness (QED) is 0.117. The maximum absolute atomic E-state index is 13.5. The lowest BCUT2D eigenvalue weighted by Gasteiger charge is -2.35. The Balaban J connectivity index is 1.44. The molecule has 0 aliphatic heterocycles. The zero-order valence-electron chi connectivity index (χ0n) is 25.5. The molecule has 5 atom stereocenters. The fraction of sp³-hybridized carbons (Fsp3) is 0.167. The predicted molar refractivity (Wildman–Crippen MR) is 185 cm³/mol. The Morgan fingerprint density at radius 2 is 1.31 bits per heavy atom. The van der Waals surface area contributed by atoms with Crippen molar-refractivity contribution in [3.63, 3.8) is 0 Å². The van der Waals surface area contributed by atoms with Crippen LogP contribution in [-0.2, 0) is 0 Å². The summed E-state index contributed by atoms with van der Waals surface area (Å²) in [6.45, 7) is 2.19. The van der Waals surface area contributed by atoms with E-state index in [4.69, 9.17) is 0 Å². The van der Waals surface area contributed by atoms with Crippen molar-refractivity contribution in [1.82, 2.24) is 5.32 Å². The number of nitrogens with one attached hydrogen (secondary N) is 1. The minimum atomic E-state index is -0.629. The molecular formula is C42H39NO2. The Hall–Kier alpha value is -4.99. The molecule has 0 aromatic heterocycles. The van der Waals surface area contributed by atoms with Gasteiger partial charge in [-0.25, -0.2) is 0 Å². The number of aliphatic hydroxyl groups excluding tert-OH is 1. The van der Waals surface area contributed by atoms with Gasteiger partial charge in [0.15, 0.2) is 5.78 Å². The fourth-order valence-corrected chi connectivity index (χ4v) is 6.42. The molecular weight excluding hydrogens is 550 g/mol. The lowest BCUT2D eigenvalue weighted by atomic mass is 9.77. The number of carbonyl (C=O) groups is 1. The fourth-order valence-electron chi connectivity index (χ4n) is 6.42. The lowest BCUT2D eigenvalue weighted by Crippen LogP contribution is -2.36. The molecule has 0 saturated heterocycles. The summed E-state index contributed by atoms with van der Waals surface area (Å²) in [6, 6.07) is 40.1. The third-order valence-corrected chi connectivity index (χ3v) is 8.81. The standard InChI is InChI=1S/C42H39NO2/c1-30-16-14-15-25-37(30)35(27-41(44)34-23-12-5-13-24-34)26-40(33-21-10-4-11-22-33)43-36-28-38(31-17-6-2-7-18-31)42(45)39(29-36)32-19-8-3-9-20-32/h2-28,30,36-37,39,42-43,45H,29H2,1H3/b35-27+,40-26-. The van der Waals surface area contributed by atoms with Crippen molar-refractivity contribution in [2.24, 2.45) is 11.8 Å². The molecule has 0 saturated carbocycles. The zero-order valence-corrected chi connectivity index (χ0v) is 25.5. The summed E-state index contributed by atoms with van der Waals surface area (Å²) in [5, 5.41) is 15.6. The number of rotatable bonds is 9. The highest BCUT2D eigenvalue weighted by atomic mass is 16.3. The van der Waals surface area contributed by atoms with Crippen molar-refractivity contribution < 1.29 is 9.90 Å². The molecule has 224 valence electrons. The minimum absolute atomic E-state index is 0.0133. The molecule has 0 amide bonds. The molecule has 0 bridgehead atoms. The number of hydrogen-bond acceptors (Lipinski definition) is 3. The van der Waals surface area contributed by atoms with Gasteiger partial charge in [-0.2, -0.15) is 0 Å². The molecule has 5 unspecified atom stereocenters. The number of hydrogen-bond donors (Lipinski definition) is 2. The summed E-state index contributed by atoms with van der Waals surface area (Å²) in [6.07, 6.45) is 14.7. The van der Waals surface area contributed by atoms with E-state index in [0.29, 0.717) is 5.56 Å². The summed E-state index contributed by atoms with van der Waals surface area (Å²) >= 11 is 0. The summed E-state index contributed by atoms with van der Waals surface area (Å²) < 4.78 is 0. The first-order valence-electron chi connectivity index (χ1n) is 15.8. The van der Waals surface area contributed by atoms with Crippen LogP contribution in [0.1, 0.15) is 46.3 Å². The van der Waals surface area contributed by atoms with Gasteiger partial charge in [-0.15, -0.1) is 0 Å². The van der Waals surface area contributed by atoms with Crippen molar-refractivity contribution >= 4 is 17.1 Å². The number of benzene rings is 4. The lowest BCUT2D eigenvalue weighted by molar-refractivity contribution is 0.104. The van der Waals surface area contributed by atoms with Crippen LogP contribution >= 0.6 is 0 Å². The molecule has 0 radical (unpaired) electrons. The molecule has 3 heteroatoms. The molecule has 45 heavy (non-hydrogen) atoms. The Labute approximate surface area is 266 Å². The van der Waals surface area contributed by atoms with E-state index in [1.165, 1.54) is 0 Å². The van der Waals surface area contributed by atoms with Gasteiger partial charge >= 0.3 is 0 Å². The average molecular weight is 590 g/mol. The molecule has 0 heterocycles. The van der Waals surface area contributed by atoms with Gasteiger partial charge in [0.1, 0.15) is 0 Å². The topological polar surface area (TPSA) is 49.3 Å². The predicted octanol–water partition coefficient (Wildman–Crippen LogP) is 8.81. The van der Waals surface area contributed by atoms with Crippen LogP contribution in [-0.4, -0.2) is 23.0 Å². The highest BCUT2D eigenvalue weighted by Crippen LogP contribution is 2.39. The van der Waals surface area contributed by atoms with Gasteiger partial charge in [0.25, 0.3) is 0 Å². The zero-order chi connectivity index (χ0) is 31.0. The largest absolute Gasteiger partial charge is 0.388 e. The van der Waals surface area contributed by atoms with Crippen molar-refractivity contribution in [1.29, 1.82) is 0 Å². The normalized spacial score (nSPS) is 23.3. The van der Waals surface area contributed by atoms with Gasteiger partial charge in [-0.05, 0) is 52.3 Å². The van der Waals surface area contributed by atoms with Crippen LogP contribution < -0.4 is 5.32 Å². The van der Waals surface area contributed by atoms with E-state index < -0.39 is 6.10 Å². The van der Waals surface area contributed by atoms with E-state index in [9.17, 15) is 9.90 Å². The molecule has 2 aliphatic rings. The molecule has 6 rings (SSSR count). The second kappa shape index (κ2) is 14.2. The van der Waals surface area contributed by atoms with Crippen LogP contribution in [0.2, 0.25) is 0 Å². The van der Waals surface area contributed by atoms with Crippen LogP contribution in [0.15, 0.2) is 169 Å². The maximum atomic E-state index is 13.5. The minimum Gasteiger partial charge on any atom is -0.388 e. The molecule has 0 fully saturated rings. The Kier molecular flexibility index (Phi) is 9.48. The van der Waals surface area contributed by atoms with Gasteiger partial charge in [0.05, 0.1) is 6.10 Å². The van der Waals surface area contributed by atoms with Gasteiger partial charge in [0, 0.05) is 29.1 Å². The van der Waals surface area contributed by atoms with Gasteiger partial charge < -0.3 is 10.4 Å². The first kappa shape index (κ1) is 30.1. The number of allylic oxidation sites excluding steroid dienone is 7. The summed E-state index contributed by atoms with van der Waals surface area (Å²) in [7, 11) is 0. The molecule has 2 N–H and O–H groups in total. The molecule has 4 aromatic carbocycles. The molecule has 4 aromatic rings. The second-order valence-corrected chi connectivity index (χ2v) is 11.9. The molecule has 3 nitrogen and oxygen atoms in total. The van der Waals surface area contributed by atoms with Crippen LogP contribution in [0.25, 0.3) is 11.3 Å². The van der Waals surface area contributed by atoms with Gasteiger partial charge in [-0.3, -0.25) is 4.79 Å². The Morgan fingerprint density at radius 1 is 0.733 bits per heavy atom.